The van der Waals surface area contributed by atoms with E-state index in [1.807, 2.05) is 0 Å². The number of aromatic nitrogens is 1. The smallest absolute Gasteiger partial charge is 0.311 e. The quantitative estimate of drug-likeness (QED) is 0.790. The molecule has 5 nitrogen and oxygen atoms in total. The molecular formula is C13H16Cl2N2O3. The molecule has 1 heterocycles. The maximum atomic E-state index is 12.0. The predicted molar refractivity (Wildman–Crippen MR) is 77.2 cm³/mol. The number of carbonyl (C=O) groups excluding carboxylic acids is 1. The van der Waals surface area contributed by atoms with E-state index in [0.717, 1.165) is 0 Å². The zero-order chi connectivity index (χ0) is 15.3. The van der Waals surface area contributed by atoms with Crippen LogP contribution in [0.1, 0.15) is 37.0 Å². The molecular weight excluding hydrogens is 303 g/mol. The lowest BCUT2D eigenvalue weighted by Gasteiger charge is -2.26. The first-order chi connectivity index (χ1) is 9.36. The Labute approximate surface area is 127 Å². The topological polar surface area (TPSA) is 79.3 Å². The van der Waals surface area contributed by atoms with Crippen LogP contribution in [-0.2, 0) is 4.79 Å². The molecule has 0 aromatic carbocycles. The van der Waals surface area contributed by atoms with Crippen LogP contribution in [0.15, 0.2) is 12.1 Å². The zero-order valence-electron chi connectivity index (χ0n) is 11.2. The van der Waals surface area contributed by atoms with Gasteiger partial charge in [0.15, 0.2) is 0 Å². The van der Waals surface area contributed by atoms with Crippen LogP contribution in [0.5, 0.6) is 0 Å². The van der Waals surface area contributed by atoms with Gasteiger partial charge in [-0.05, 0) is 25.0 Å². The summed E-state index contributed by atoms with van der Waals surface area (Å²) in [4.78, 5) is 27.1. The number of pyridine rings is 1. The van der Waals surface area contributed by atoms with E-state index in [1.54, 1.807) is 13.8 Å². The van der Waals surface area contributed by atoms with Gasteiger partial charge in [0.05, 0.1) is 11.0 Å². The van der Waals surface area contributed by atoms with Gasteiger partial charge in [0.25, 0.3) is 5.91 Å². The number of nitrogens with zero attached hydrogens (tertiary/aromatic N) is 1. The van der Waals surface area contributed by atoms with Crippen molar-refractivity contribution in [3.8, 4) is 0 Å². The number of amides is 1. The number of hydrogen-bond acceptors (Lipinski definition) is 3. The lowest BCUT2D eigenvalue weighted by atomic mass is 9.82. The molecule has 0 unspecified atom stereocenters. The normalized spacial score (nSPS) is 11.2. The summed E-state index contributed by atoms with van der Waals surface area (Å²) < 4.78 is 0. The molecule has 0 spiro atoms. The van der Waals surface area contributed by atoms with Gasteiger partial charge in [-0.15, -0.1) is 0 Å². The molecule has 0 fully saturated rings. The van der Waals surface area contributed by atoms with E-state index in [0.29, 0.717) is 12.8 Å². The predicted octanol–water partition coefficient (Wildman–Crippen LogP) is 3.01. The molecule has 0 aliphatic carbocycles. The first-order valence-corrected chi connectivity index (χ1v) is 6.95. The Morgan fingerprint density at radius 3 is 2.35 bits per heavy atom. The van der Waals surface area contributed by atoms with Gasteiger partial charge in [-0.2, -0.15) is 0 Å². The second kappa shape index (κ2) is 6.90. The number of aliphatic carboxylic acids is 1. The van der Waals surface area contributed by atoms with Crippen LogP contribution in [0.4, 0.5) is 0 Å². The van der Waals surface area contributed by atoms with Crippen molar-refractivity contribution in [3.05, 3.63) is 28.0 Å². The number of halogens is 2. The van der Waals surface area contributed by atoms with Crippen LogP contribution in [0.25, 0.3) is 0 Å². The van der Waals surface area contributed by atoms with Gasteiger partial charge < -0.3 is 10.4 Å². The van der Waals surface area contributed by atoms with E-state index in [1.165, 1.54) is 12.1 Å². The number of carbonyl (C=O) groups is 2. The van der Waals surface area contributed by atoms with Crippen molar-refractivity contribution in [1.29, 1.82) is 0 Å². The summed E-state index contributed by atoms with van der Waals surface area (Å²) in [5.74, 6) is -1.39. The van der Waals surface area contributed by atoms with Gasteiger partial charge in [-0.3, -0.25) is 9.59 Å². The van der Waals surface area contributed by atoms with Crippen LogP contribution < -0.4 is 5.32 Å². The summed E-state index contributed by atoms with van der Waals surface area (Å²) in [5.41, 5.74) is -0.801. The Morgan fingerprint density at radius 1 is 1.30 bits per heavy atom. The summed E-state index contributed by atoms with van der Waals surface area (Å²) in [6.45, 7) is 3.59. The van der Waals surface area contributed by atoms with Crippen molar-refractivity contribution in [1.82, 2.24) is 10.3 Å². The molecule has 0 aliphatic heterocycles. The zero-order valence-corrected chi connectivity index (χ0v) is 12.8. The Kier molecular flexibility index (Phi) is 5.77. The second-order valence-electron chi connectivity index (χ2n) is 4.45. The van der Waals surface area contributed by atoms with E-state index in [-0.39, 0.29) is 22.4 Å². The third-order valence-corrected chi connectivity index (χ3v) is 3.95. The lowest BCUT2D eigenvalue weighted by molar-refractivity contribution is -0.149. The van der Waals surface area contributed by atoms with Crippen molar-refractivity contribution in [3.63, 3.8) is 0 Å². The average Bonchev–Trinajstić information content (AvgIpc) is 2.39. The fraction of sp³-hybridized carbons (Fsp3) is 0.462. The SMILES string of the molecule is CCC(CC)(CNC(=O)c1ccc(Cl)nc1Cl)C(=O)O. The molecule has 1 aromatic heterocycles. The average molecular weight is 319 g/mol. The Bertz CT molecular complexity index is 516. The molecule has 2 N–H and O–H groups in total. The van der Waals surface area contributed by atoms with Gasteiger partial charge in [0, 0.05) is 6.54 Å². The first kappa shape index (κ1) is 16.7. The molecule has 0 aliphatic rings. The molecule has 0 radical (unpaired) electrons. The summed E-state index contributed by atoms with van der Waals surface area (Å²) in [7, 11) is 0. The summed E-state index contributed by atoms with van der Waals surface area (Å²) >= 11 is 11.5. The molecule has 1 rings (SSSR count). The van der Waals surface area contributed by atoms with Crippen LogP contribution in [0.3, 0.4) is 0 Å². The Hall–Kier alpha value is -1.33. The molecule has 0 saturated carbocycles. The first-order valence-electron chi connectivity index (χ1n) is 6.20. The fourth-order valence-electron chi connectivity index (χ4n) is 1.80. The van der Waals surface area contributed by atoms with Crippen LogP contribution in [0, 0.1) is 5.41 Å². The maximum absolute atomic E-state index is 12.0. The van der Waals surface area contributed by atoms with Gasteiger partial charge in [0.2, 0.25) is 0 Å². The highest BCUT2D eigenvalue weighted by molar-refractivity contribution is 6.34. The minimum absolute atomic E-state index is 0.0103. The number of rotatable bonds is 6. The monoisotopic (exact) mass is 318 g/mol. The van der Waals surface area contributed by atoms with Crippen molar-refractivity contribution < 1.29 is 14.7 Å². The van der Waals surface area contributed by atoms with Gasteiger partial charge in [0.1, 0.15) is 10.3 Å². The van der Waals surface area contributed by atoms with Gasteiger partial charge in [-0.25, -0.2) is 4.98 Å². The maximum Gasteiger partial charge on any atom is 0.311 e. The lowest BCUT2D eigenvalue weighted by Crippen LogP contribution is -2.42. The molecule has 7 heteroatoms. The molecule has 1 aromatic rings. The third kappa shape index (κ3) is 3.61. The number of carboxylic acid groups (broad SMARTS) is 1. The number of carboxylic acids is 1. The van der Waals surface area contributed by atoms with E-state index in [4.69, 9.17) is 23.2 Å². The molecule has 20 heavy (non-hydrogen) atoms. The van der Waals surface area contributed by atoms with Crippen LogP contribution in [0.2, 0.25) is 10.3 Å². The molecule has 0 bridgehead atoms. The molecule has 0 atom stereocenters. The van der Waals surface area contributed by atoms with Gasteiger partial charge >= 0.3 is 5.97 Å². The highest BCUT2D eigenvalue weighted by Crippen LogP contribution is 2.26. The summed E-state index contributed by atoms with van der Waals surface area (Å²) in [5, 5.41) is 12.1. The van der Waals surface area contributed by atoms with Gasteiger partial charge in [-0.1, -0.05) is 37.0 Å². The Morgan fingerprint density at radius 2 is 1.90 bits per heavy atom. The van der Waals surface area contributed by atoms with E-state index >= 15 is 0 Å². The third-order valence-electron chi connectivity index (χ3n) is 3.45. The second-order valence-corrected chi connectivity index (χ2v) is 5.19. The number of nitrogens with one attached hydrogen (secondary N) is 1. The van der Waals surface area contributed by atoms with Crippen LogP contribution >= 0.6 is 23.2 Å². The van der Waals surface area contributed by atoms with Crippen molar-refractivity contribution >= 4 is 35.1 Å². The minimum atomic E-state index is -0.970. The van der Waals surface area contributed by atoms with Crippen molar-refractivity contribution in [2.75, 3.05) is 6.54 Å². The molecule has 110 valence electrons. The largest absolute Gasteiger partial charge is 0.481 e. The molecule has 0 saturated heterocycles. The summed E-state index contributed by atoms with van der Waals surface area (Å²) in [6, 6.07) is 2.90. The van der Waals surface area contributed by atoms with E-state index in [9.17, 15) is 14.7 Å². The standard InChI is InChI=1S/C13H16Cl2N2O3/c1-3-13(4-2,12(19)20)7-16-11(18)8-5-6-9(14)17-10(8)15/h5-6H,3-4,7H2,1-2H3,(H,16,18)(H,19,20). The van der Waals surface area contributed by atoms with E-state index < -0.39 is 17.3 Å². The van der Waals surface area contributed by atoms with E-state index in [2.05, 4.69) is 10.3 Å². The Balaban J connectivity index is 2.83. The highest BCUT2D eigenvalue weighted by Gasteiger charge is 2.35. The fourth-order valence-corrected chi connectivity index (χ4v) is 2.23. The minimum Gasteiger partial charge on any atom is -0.481 e. The molecule has 1 amide bonds. The number of hydrogen-bond donors (Lipinski definition) is 2. The van der Waals surface area contributed by atoms with Crippen molar-refractivity contribution in [2.45, 2.75) is 26.7 Å². The summed E-state index contributed by atoms with van der Waals surface area (Å²) in [6.07, 6.45) is 0.845. The highest BCUT2D eigenvalue weighted by atomic mass is 35.5. The van der Waals surface area contributed by atoms with Crippen molar-refractivity contribution in [2.24, 2.45) is 5.41 Å². The van der Waals surface area contributed by atoms with Crippen LogP contribution in [-0.4, -0.2) is 28.5 Å².